The Labute approximate surface area is 75.9 Å². The monoisotopic (exact) mass is 168 g/mol. The number of carbonyl (C=O) groups is 1. The Morgan fingerprint density at radius 2 is 2.08 bits per heavy atom. The number of hydrogen-bond acceptors (Lipinski definition) is 1. The molecule has 1 nitrogen and oxygen atoms in total. The van der Waals surface area contributed by atoms with Crippen molar-refractivity contribution in [3.05, 3.63) is 12.7 Å². The number of allylic oxidation sites excluding steroid dienone is 1. The first kappa shape index (κ1) is 11.4. The standard InChI is InChI=1S/C11H20O/c1-4-6-7-8-9-11(12)10(3)5-2/h5,10H,2,4,6-9H2,1,3H3. The Hall–Kier alpha value is -0.590. The third kappa shape index (κ3) is 5.11. The molecule has 0 heterocycles. The van der Waals surface area contributed by atoms with E-state index in [4.69, 9.17) is 0 Å². The van der Waals surface area contributed by atoms with Gasteiger partial charge in [-0.15, -0.1) is 6.58 Å². The molecule has 0 bridgehead atoms. The van der Waals surface area contributed by atoms with E-state index in [9.17, 15) is 4.79 Å². The lowest BCUT2D eigenvalue weighted by atomic mass is 10.0. The molecule has 0 saturated heterocycles. The van der Waals surface area contributed by atoms with Crippen LogP contribution in [0.5, 0.6) is 0 Å². The zero-order valence-corrected chi connectivity index (χ0v) is 8.31. The van der Waals surface area contributed by atoms with Crippen LogP contribution in [0.4, 0.5) is 0 Å². The lowest BCUT2D eigenvalue weighted by molar-refractivity contribution is -0.121. The van der Waals surface area contributed by atoms with Crippen LogP contribution in [0.25, 0.3) is 0 Å². The second-order valence-corrected chi connectivity index (χ2v) is 3.30. The van der Waals surface area contributed by atoms with Crippen LogP contribution in [0.1, 0.15) is 46.0 Å². The molecule has 0 fully saturated rings. The minimum Gasteiger partial charge on any atom is -0.299 e. The maximum absolute atomic E-state index is 11.3. The highest BCUT2D eigenvalue weighted by molar-refractivity contribution is 5.82. The number of carbonyl (C=O) groups excluding carboxylic acids is 1. The number of Topliss-reactive ketones (excluding diaryl/α,β-unsaturated/α-hetero) is 1. The fraction of sp³-hybridized carbons (Fsp3) is 0.727. The van der Waals surface area contributed by atoms with Gasteiger partial charge in [0, 0.05) is 12.3 Å². The average Bonchev–Trinajstić information content (AvgIpc) is 2.10. The third-order valence-electron chi connectivity index (χ3n) is 2.14. The fourth-order valence-electron chi connectivity index (χ4n) is 1.09. The second kappa shape index (κ2) is 7.08. The highest BCUT2D eigenvalue weighted by atomic mass is 16.1. The van der Waals surface area contributed by atoms with Crippen molar-refractivity contribution >= 4 is 5.78 Å². The third-order valence-corrected chi connectivity index (χ3v) is 2.14. The first-order chi connectivity index (χ1) is 5.72. The first-order valence-electron chi connectivity index (χ1n) is 4.87. The first-order valence-corrected chi connectivity index (χ1v) is 4.87. The van der Waals surface area contributed by atoms with Crippen molar-refractivity contribution in [2.24, 2.45) is 5.92 Å². The van der Waals surface area contributed by atoms with Gasteiger partial charge in [-0.1, -0.05) is 39.2 Å². The number of hydrogen-bond donors (Lipinski definition) is 0. The van der Waals surface area contributed by atoms with E-state index in [0.717, 1.165) is 12.8 Å². The van der Waals surface area contributed by atoms with Crippen LogP contribution in [0, 0.1) is 5.92 Å². The smallest absolute Gasteiger partial charge is 0.139 e. The second-order valence-electron chi connectivity index (χ2n) is 3.30. The molecule has 0 aliphatic carbocycles. The summed E-state index contributed by atoms with van der Waals surface area (Å²) in [6, 6.07) is 0. The summed E-state index contributed by atoms with van der Waals surface area (Å²) in [5.41, 5.74) is 0. The number of rotatable bonds is 7. The largest absolute Gasteiger partial charge is 0.299 e. The van der Waals surface area contributed by atoms with E-state index in [1.807, 2.05) is 6.92 Å². The molecule has 1 heteroatoms. The van der Waals surface area contributed by atoms with Crippen LogP contribution < -0.4 is 0 Å². The summed E-state index contributed by atoms with van der Waals surface area (Å²) in [6.45, 7) is 7.69. The predicted octanol–water partition coefficient (Wildman–Crippen LogP) is 3.35. The highest BCUT2D eigenvalue weighted by Gasteiger charge is 2.07. The molecule has 0 spiro atoms. The van der Waals surface area contributed by atoms with Crippen molar-refractivity contribution in [3.8, 4) is 0 Å². The van der Waals surface area contributed by atoms with Crippen molar-refractivity contribution < 1.29 is 4.79 Å². The summed E-state index contributed by atoms with van der Waals surface area (Å²) < 4.78 is 0. The minimum atomic E-state index is 0.0478. The number of ketones is 1. The van der Waals surface area contributed by atoms with Crippen LogP contribution in [-0.4, -0.2) is 5.78 Å². The van der Waals surface area contributed by atoms with Crippen molar-refractivity contribution in [2.45, 2.75) is 46.0 Å². The van der Waals surface area contributed by atoms with Gasteiger partial charge in [-0.05, 0) is 6.42 Å². The molecule has 0 aromatic rings. The van der Waals surface area contributed by atoms with E-state index < -0.39 is 0 Å². The minimum absolute atomic E-state index is 0.0478. The molecule has 70 valence electrons. The molecule has 0 amide bonds. The molecule has 0 aliphatic rings. The molecule has 12 heavy (non-hydrogen) atoms. The molecule has 0 saturated carbocycles. The molecular formula is C11H20O. The maximum Gasteiger partial charge on any atom is 0.139 e. The Kier molecular flexibility index (Phi) is 6.73. The van der Waals surface area contributed by atoms with E-state index in [1.165, 1.54) is 19.3 Å². The summed E-state index contributed by atoms with van der Waals surface area (Å²) in [5.74, 6) is 0.382. The molecule has 0 aromatic heterocycles. The van der Waals surface area contributed by atoms with E-state index in [1.54, 1.807) is 6.08 Å². The van der Waals surface area contributed by atoms with E-state index in [2.05, 4.69) is 13.5 Å². The zero-order valence-electron chi connectivity index (χ0n) is 8.31. The maximum atomic E-state index is 11.3. The molecule has 1 unspecified atom stereocenters. The van der Waals surface area contributed by atoms with Gasteiger partial charge in [0.25, 0.3) is 0 Å². The van der Waals surface area contributed by atoms with Gasteiger partial charge in [0.2, 0.25) is 0 Å². The van der Waals surface area contributed by atoms with Crippen molar-refractivity contribution in [3.63, 3.8) is 0 Å². The summed E-state index contributed by atoms with van der Waals surface area (Å²) in [7, 11) is 0. The van der Waals surface area contributed by atoms with Crippen molar-refractivity contribution in [1.29, 1.82) is 0 Å². The van der Waals surface area contributed by atoms with Crippen LogP contribution in [-0.2, 0) is 4.79 Å². The van der Waals surface area contributed by atoms with Gasteiger partial charge in [-0.3, -0.25) is 4.79 Å². The Bertz CT molecular complexity index is 138. The summed E-state index contributed by atoms with van der Waals surface area (Å²) in [4.78, 5) is 11.3. The predicted molar refractivity (Wildman–Crippen MR) is 53.1 cm³/mol. The van der Waals surface area contributed by atoms with Gasteiger partial charge >= 0.3 is 0 Å². The van der Waals surface area contributed by atoms with Crippen LogP contribution >= 0.6 is 0 Å². The van der Waals surface area contributed by atoms with Gasteiger partial charge < -0.3 is 0 Å². The Balaban J connectivity index is 3.37. The normalized spacial score (nSPS) is 12.5. The number of unbranched alkanes of at least 4 members (excludes halogenated alkanes) is 3. The van der Waals surface area contributed by atoms with Gasteiger partial charge in [-0.25, -0.2) is 0 Å². The van der Waals surface area contributed by atoms with Gasteiger partial charge in [-0.2, -0.15) is 0 Å². The van der Waals surface area contributed by atoms with E-state index in [-0.39, 0.29) is 5.92 Å². The summed E-state index contributed by atoms with van der Waals surface area (Å²) >= 11 is 0. The zero-order chi connectivity index (χ0) is 9.40. The van der Waals surface area contributed by atoms with E-state index in [0.29, 0.717) is 5.78 Å². The quantitative estimate of drug-likeness (QED) is 0.421. The Morgan fingerprint density at radius 1 is 1.42 bits per heavy atom. The van der Waals surface area contributed by atoms with Crippen LogP contribution in [0.2, 0.25) is 0 Å². The van der Waals surface area contributed by atoms with Gasteiger partial charge in [0.1, 0.15) is 5.78 Å². The SMILES string of the molecule is C=CC(C)C(=O)CCCCCC. The molecule has 0 radical (unpaired) electrons. The molecule has 1 atom stereocenters. The van der Waals surface area contributed by atoms with Crippen LogP contribution in [0.3, 0.4) is 0 Å². The van der Waals surface area contributed by atoms with Crippen molar-refractivity contribution in [2.75, 3.05) is 0 Å². The lowest BCUT2D eigenvalue weighted by Crippen LogP contribution is -2.07. The lowest BCUT2D eigenvalue weighted by Gasteiger charge is -2.03. The molecular weight excluding hydrogens is 148 g/mol. The van der Waals surface area contributed by atoms with Crippen LogP contribution in [0.15, 0.2) is 12.7 Å². The molecule has 0 aliphatic heterocycles. The van der Waals surface area contributed by atoms with Crippen molar-refractivity contribution in [1.82, 2.24) is 0 Å². The molecule has 0 N–H and O–H groups in total. The van der Waals surface area contributed by atoms with E-state index >= 15 is 0 Å². The fourth-order valence-corrected chi connectivity index (χ4v) is 1.09. The average molecular weight is 168 g/mol. The van der Waals surface area contributed by atoms with Gasteiger partial charge in [0.15, 0.2) is 0 Å². The molecule has 0 aromatic carbocycles. The highest BCUT2D eigenvalue weighted by Crippen LogP contribution is 2.08. The van der Waals surface area contributed by atoms with Gasteiger partial charge in [0.05, 0.1) is 0 Å². The molecule has 0 rings (SSSR count). The Morgan fingerprint density at radius 3 is 2.58 bits per heavy atom. The topological polar surface area (TPSA) is 17.1 Å². The summed E-state index contributed by atoms with van der Waals surface area (Å²) in [6.07, 6.45) is 7.16. The summed E-state index contributed by atoms with van der Waals surface area (Å²) in [5, 5.41) is 0.